The van der Waals surface area contributed by atoms with Crippen LogP contribution < -0.4 is 5.32 Å². The number of thiocarbonyl (C=S) groups is 2. The van der Waals surface area contributed by atoms with Crippen molar-refractivity contribution in [2.24, 2.45) is 0 Å². The fraction of sp³-hybridized carbons (Fsp3) is 0.515. The first-order valence-electron chi connectivity index (χ1n) is 14.8. The molecule has 1 atom stereocenters. The van der Waals surface area contributed by atoms with E-state index < -0.39 is 0 Å². The van der Waals surface area contributed by atoms with Gasteiger partial charge in [-0.2, -0.15) is 11.8 Å². The summed E-state index contributed by atoms with van der Waals surface area (Å²) in [6.45, 7) is 18.8. The Labute approximate surface area is 265 Å². The van der Waals surface area contributed by atoms with Crippen LogP contribution in [0.3, 0.4) is 0 Å². The van der Waals surface area contributed by atoms with Crippen molar-refractivity contribution < 1.29 is 0 Å². The van der Waals surface area contributed by atoms with E-state index in [1.54, 1.807) is 0 Å². The second-order valence-corrected chi connectivity index (χ2v) is 12.1. The summed E-state index contributed by atoms with van der Waals surface area (Å²) in [5, 5.41) is 3.43. The van der Waals surface area contributed by atoms with Crippen LogP contribution in [0.25, 0.3) is 0 Å². The van der Waals surface area contributed by atoms with Gasteiger partial charge in [-0.1, -0.05) is 94.9 Å². The first-order chi connectivity index (χ1) is 19.3. The Morgan fingerprint density at radius 1 is 1.02 bits per heavy atom. The molecule has 2 aromatic rings. The second kappa shape index (κ2) is 17.5. The van der Waals surface area contributed by atoms with E-state index in [0.717, 1.165) is 57.5 Å². The molecular formula is C33H49N3S4. The lowest BCUT2D eigenvalue weighted by atomic mass is 9.90. The van der Waals surface area contributed by atoms with E-state index in [9.17, 15) is 0 Å². The van der Waals surface area contributed by atoms with E-state index >= 15 is 0 Å². The van der Waals surface area contributed by atoms with Gasteiger partial charge < -0.3 is 15.1 Å². The van der Waals surface area contributed by atoms with Gasteiger partial charge in [-0.15, -0.1) is 12.6 Å². The molecule has 0 radical (unpaired) electrons. The smallest absolute Gasteiger partial charge is 0.126 e. The molecule has 0 aliphatic carbocycles. The van der Waals surface area contributed by atoms with Gasteiger partial charge in [-0.25, -0.2) is 0 Å². The summed E-state index contributed by atoms with van der Waals surface area (Å²) in [7, 11) is 1.96. The van der Waals surface area contributed by atoms with Gasteiger partial charge in [-0.3, -0.25) is 0 Å². The molecule has 0 amide bonds. The van der Waals surface area contributed by atoms with Crippen molar-refractivity contribution in [2.75, 3.05) is 44.7 Å². The third-order valence-electron chi connectivity index (χ3n) is 7.32. The van der Waals surface area contributed by atoms with E-state index in [1.807, 2.05) is 34.7 Å². The van der Waals surface area contributed by atoms with Crippen LogP contribution >= 0.6 is 48.8 Å². The van der Waals surface area contributed by atoms with Crippen LogP contribution in [0.2, 0.25) is 0 Å². The maximum Gasteiger partial charge on any atom is 0.126 e. The number of thiol groups is 1. The quantitative estimate of drug-likeness (QED) is 0.167. The van der Waals surface area contributed by atoms with Crippen LogP contribution in [0, 0.1) is 13.8 Å². The summed E-state index contributed by atoms with van der Waals surface area (Å²) < 4.78 is 0. The number of rotatable bonds is 9. The number of nitrogens with one attached hydrogen (secondary N) is 1. The van der Waals surface area contributed by atoms with Crippen molar-refractivity contribution in [3.8, 4) is 0 Å². The number of hydrogen-bond acceptors (Lipinski definition) is 6. The predicted octanol–water partition coefficient (Wildman–Crippen LogP) is 8.22. The molecule has 1 fully saturated rings. The fourth-order valence-corrected chi connectivity index (χ4v) is 7.21. The molecule has 220 valence electrons. The molecule has 4 rings (SSSR count). The van der Waals surface area contributed by atoms with Gasteiger partial charge in [-0.05, 0) is 61.6 Å². The Hall–Kier alpha value is -1.38. The molecular weight excluding hydrogens is 567 g/mol. The number of hydrogen-bond donors (Lipinski definition) is 2. The largest absolute Gasteiger partial charge is 0.385 e. The van der Waals surface area contributed by atoms with Gasteiger partial charge in [0.05, 0.1) is 16.6 Å². The minimum Gasteiger partial charge on any atom is -0.385 e. The third kappa shape index (κ3) is 8.34. The molecule has 1 saturated heterocycles. The zero-order valence-electron chi connectivity index (χ0n) is 25.8. The molecule has 2 aromatic carbocycles. The molecule has 7 heteroatoms. The third-order valence-corrected chi connectivity index (χ3v) is 9.62. The first-order valence-corrected chi connectivity index (χ1v) is 17.2. The monoisotopic (exact) mass is 615 g/mol. The van der Waals surface area contributed by atoms with Crippen LogP contribution in [0.15, 0.2) is 52.6 Å². The van der Waals surface area contributed by atoms with Crippen molar-refractivity contribution in [1.82, 2.24) is 15.1 Å². The summed E-state index contributed by atoms with van der Waals surface area (Å²) in [6.07, 6.45) is 2.04. The number of likely N-dealkylation sites (N-methyl/N-ethyl adjacent to an activating group) is 1. The highest BCUT2D eigenvalue weighted by atomic mass is 32.2. The Morgan fingerprint density at radius 2 is 1.65 bits per heavy atom. The van der Waals surface area contributed by atoms with Crippen LogP contribution in [0.4, 0.5) is 0 Å². The van der Waals surface area contributed by atoms with Crippen molar-refractivity contribution >= 4 is 58.7 Å². The van der Waals surface area contributed by atoms with E-state index in [4.69, 9.17) is 37.1 Å². The summed E-state index contributed by atoms with van der Waals surface area (Å²) in [6, 6.07) is 13.1. The van der Waals surface area contributed by atoms with Gasteiger partial charge in [0.1, 0.15) is 4.99 Å². The molecule has 0 spiro atoms. The highest BCUT2D eigenvalue weighted by molar-refractivity contribution is 7.99. The van der Waals surface area contributed by atoms with Crippen molar-refractivity contribution in [1.29, 1.82) is 0 Å². The van der Waals surface area contributed by atoms with Gasteiger partial charge in [0.2, 0.25) is 0 Å². The number of benzene rings is 2. The lowest BCUT2D eigenvalue weighted by Gasteiger charge is -2.32. The predicted molar refractivity (Wildman–Crippen MR) is 190 cm³/mol. The van der Waals surface area contributed by atoms with Gasteiger partial charge in [0.15, 0.2) is 0 Å². The molecule has 2 aliphatic rings. The topological polar surface area (TPSA) is 18.5 Å². The SMILES string of the molecule is CC.CC.CCc1cc(C2C(C(=S)c3ccc(C)cc3)=C(NC)C(=S)N2CCCN2CCSCC2)cc(S)c1C. The van der Waals surface area contributed by atoms with Crippen LogP contribution in [0.5, 0.6) is 0 Å². The summed E-state index contributed by atoms with van der Waals surface area (Å²) >= 11 is 19.2. The standard InChI is InChI=1S/C29H37N3S4.2C2H6/c1-5-21-17-23(18-24(33)20(21)3)27-25(28(34)22-9-7-19(2)8-10-22)26(30-4)29(35)32(27)12-6-11-31-13-15-36-16-14-31;2*1-2/h7-10,17-18,27,30,33H,5-6,11-16H2,1-4H3;2*1-2H3. The Morgan fingerprint density at radius 3 is 2.23 bits per heavy atom. The molecule has 40 heavy (non-hydrogen) atoms. The Bertz CT molecular complexity index is 1150. The number of aryl methyl sites for hydroxylation is 2. The maximum atomic E-state index is 6.17. The Balaban J connectivity index is 0.00000134. The highest BCUT2D eigenvalue weighted by Gasteiger charge is 2.39. The van der Waals surface area contributed by atoms with Crippen LogP contribution in [0.1, 0.15) is 74.9 Å². The van der Waals surface area contributed by atoms with Crippen LogP contribution in [-0.4, -0.2) is 64.4 Å². The normalized spacial score (nSPS) is 17.2. The molecule has 2 heterocycles. The lowest BCUT2D eigenvalue weighted by molar-refractivity contribution is 0.274. The summed E-state index contributed by atoms with van der Waals surface area (Å²) in [5.74, 6) is 2.47. The molecule has 2 aliphatic heterocycles. The van der Waals surface area contributed by atoms with Gasteiger partial charge >= 0.3 is 0 Å². The van der Waals surface area contributed by atoms with Gasteiger partial charge in [0, 0.05) is 48.7 Å². The average molecular weight is 616 g/mol. The van der Waals surface area contributed by atoms with E-state index in [2.05, 4.69) is 84.0 Å². The summed E-state index contributed by atoms with van der Waals surface area (Å²) in [5.41, 5.74) is 8.17. The van der Waals surface area contributed by atoms with Crippen molar-refractivity contribution in [3.63, 3.8) is 0 Å². The molecule has 1 unspecified atom stereocenters. The first kappa shape index (κ1) is 34.8. The Kier molecular flexibility index (Phi) is 15.3. The minimum absolute atomic E-state index is 0.0255. The van der Waals surface area contributed by atoms with Crippen molar-refractivity contribution in [3.05, 3.63) is 75.5 Å². The molecule has 0 saturated carbocycles. The molecule has 3 nitrogen and oxygen atoms in total. The fourth-order valence-electron chi connectivity index (χ4n) is 5.18. The summed E-state index contributed by atoms with van der Waals surface area (Å²) in [4.78, 5) is 7.73. The van der Waals surface area contributed by atoms with E-state index in [-0.39, 0.29) is 6.04 Å². The zero-order valence-corrected chi connectivity index (χ0v) is 29.1. The minimum atomic E-state index is -0.0255. The highest BCUT2D eigenvalue weighted by Crippen LogP contribution is 2.41. The van der Waals surface area contributed by atoms with Crippen molar-refractivity contribution in [2.45, 2.75) is 72.2 Å². The number of thioether (sulfide) groups is 1. The lowest BCUT2D eigenvalue weighted by Crippen LogP contribution is -2.37. The van der Waals surface area contributed by atoms with Gasteiger partial charge in [0.25, 0.3) is 0 Å². The van der Waals surface area contributed by atoms with E-state index in [1.165, 1.54) is 46.8 Å². The average Bonchev–Trinajstić information content (AvgIpc) is 3.28. The zero-order chi connectivity index (χ0) is 29.8. The molecule has 0 bridgehead atoms. The number of nitrogens with zero attached hydrogens (tertiary/aromatic N) is 2. The molecule has 1 N–H and O–H groups in total. The maximum absolute atomic E-state index is 6.17. The molecule has 0 aromatic heterocycles. The second-order valence-electron chi connectivity index (χ2n) is 9.62. The van der Waals surface area contributed by atoms with E-state index in [0.29, 0.717) is 0 Å². The van der Waals surface area contributed by atoms with Crippen LogP contribution in [-0.2, 0) is 6.42 Å².